The number of carbonyl (C=O) groups is 2. The molecule has 0 aromatic heterocycles. The van der Waals surface area contributed by atoms with Crippen LogP contribution in [0.4, 0.5) is 15.8 Å². The quantitative estimate of drug-likeness (QED) is 0.684. The molecule has 2 N–H and O–H groups in total. The van der Waals surface area contributed by atoms with E-state index < -0.39 is 5.82 Å². The summed E-state index contributed by atoms with van der Waals surface area (Å²) < 4.78 is 13.2. The maximum atomic E-state index is 13.2. The molecule has 0 bridgehead atoms. The van der Waals surface area contributed by atoms with Crippen molar-refractivity contribution in [1.82, 2.24) is 0 Å². The highest BCUT2D eigenvalue weighted by Gasteiger charge is 2.29. The van der Waals surface area contributed by atoms with Crippen LogP contribution in [0.3, 0.4) is 0 Å². The van der Waals surface area contributed by atoms with Crippen LogP contribution in [0.15, 0.2) is 47.4 Å². The Kier molecular flexibility index (Phi) is 5.84. The van der Waals surface area contributed by atoms with Crippen molar-refractivity contribution in [2.24, 2.45) is 5.92 Å². The molecular formula is C19H18ClFN2O2S. The fourth-order valence-corrected chi connectivity index (χ4v) is 3.33. The molecular weight excluding hydrogens is 375 g/mol. The van der Waals surface area contributed by atoms with E-state index >= 15 is 0 Å². The lowest BCUT2D eigenvalue weighted by molar-refractivity contribution is -0.117. The summed E-state index contributed by atoms with van der Waals surface area (Å²) in [5, 5.41) is 5.21. The highest BCUT2D eigenvalue weighted by Crippen LogP contribution is 2.31. The maximum absolute atomic E-state index is 13.2. The largest absolute Gasteiger partial charge is 0.326 e. The molecule has 1 unspecified atom stereocenters. The summed E-state index contributed by atoms with van der Waals surface area (Å²) in [6.07, 6.45) is 1.93. The standard InChI is InChI=1S/C19H18ClFN2O2S/c1-11(18(24)23-14-6-9-17(21)16(20)10-14)26-15-7-4-13(5-8-15)22-19(25)12-2-3-12/h4-12H,2-3H2,1H3,(H,22,25)(H,23,24). The van der Waals surface area contributed by atoms with E-state index in [-0.39, 0.29) is 28.0 Å². The van der Waals surface area contributed by atoms with E-state index in [1.807, 2.05) is 24.3 Å². The average molecular weight is 393 g/mol. The fourth-order valence-electron chi connectivity index (χ4n) is 2.28. The number of amides is 2. The molecule has 1 saturated carbocycles. The van der Waals surface area contributed by atoms with Crippen LogP contribution in [0.25, 0.3) is 0 Å². The minimum Gasteiger partial charge on any atom is -0.326 e. The van der Waals surface area contributed by atoms with Crippen LogP contribution in [0, 0.1) is 11.7 Å². The van der Waals surface area contributed by atoms with Crippen LogP contribution < -0.4 is 10.6 Å². The van der Waals surface area contributed by atoms with Crippen molar-refractivity contribution in [2.45, 2.75) is 29.9 Å². The van der Waals surface area contributed by atoms with E-state index in [2.05, 4.69) is 10.6 Å². The van der Waals surface area contributed by atoms with E-state index in [1.54, 1.807) is 6.92 Å². The van der Waals surface area contributed by atoms with Gasteiger partial charge in [0.05, 0.1) is 10.3 Å². The van der Waals surface area contributed by atoms with Crippen LogP contribution in [-0.4, -0.2) is 17.1 Å². The van der Waals surface area contributed by atoms with Crippen molar-refractivity contribution in [3.63, 3.8) is 0 Å². The molecule has 1 fully saturated rings. The third kappa shape index (κ3) is 4.99. The minimum atomic E-state index is -0.527. The molecule has 3 rings (SSSR count). The highest BCUT2D eigenvalue weighted by molar-refractivity contribution is 8.00. The molecule has 0 radical (unpaired) electrons. The van der Waals surface area contributed by atoms with Gasteiger partial charge in [0.15, 0.2) is 0 Å². The van der Waals surface area contributed by atoms with E-state index in [4.69, 9.17) is 11.6 Å². The summed E-state index contributed by atoms with van der Waals surface area (Å²) in [5.74, 6) is -0.506. The summed E-state index contributed by atoms with van der Waals surface area (Å²) in [7, 11) is 0. The van der Waals surface area contributed by atoms with Gasteiger partial charge in [-0.2, -0.15) is 0 Å². The summed E-state index contributed by atoms with van der Waals surface area (Å²) in [6, 6.07) is 11.4. The zero-order valence-electron chi connectivity index (χ0n) is 14.1. The molecule has 0 aliphatic heterocycles. The molecule has 0 heterocycles. The lowest BCUT2D eigenvalue weighted by Gasteiger charge is -2.13. The Balaban J connectivity index is 1.54. The van der Waals surface area contributed by atoms with Crippen LogP contribution in [0.2, 0.25) is 5.02 Å². The predicted molar refractivity (Wildman–Crippen MR) is 103 cm³/mol. The first-order valence-electron chi connectivity index (χ1n) is 8.26. The molecule has 2 amide bonds. The molecule has 1 aliphatic rings. The van der Waals surface area contributed by atoms with Crippen molar-refractivity contribution >= 4 is 46.6 Å². The lowest BCUT2D eigenvalue weighted by atomic mass is 10.3. The lowest BCUT2D eigenvalue weighted by Crippen LogP contribution is -2.22. The van der Waals surface area contributed by atoms with Crippen LogP contribution in [-0.2, 0) is 9.59 Å². The zero-order valence-corrected chi connectivity index (χ0v) is 15.7. The van der Waals surface area contributed by atoms with Crippen molar-refractivity contribution < 1.29 is 14.0 Å². The Morgan fingerprint density at radius 2 is 1.77 bits per heavy atom. The second kappa shape index (κ2) is 8.10. The van der Waals surface area contributed by atoms with Gasteiger partial charge in [0.2, 0.25) is 11.8 Å². The number of nitrogens with one attached hydrogen (secondary N) is 2. The van der Waals surface area contributed by atoms with E-state index in [0.717, 1.165) is 23.4 Å². The average Bonchev–Trinajstić information content (AvgIpc) is 3.45. The number of benzene rings is 2. The van der Waals surface area contributed by atoms with Gasteiger partial charge < -0.3 is 10.6 Å². The van der Waals surface area contributed by atoms with Gasteiger partial charge in [-0.25, -0.2) is 4.39 Å². The Morgan fingerprint density at radius 3 is 2.38 bits per heavy atom. The first kappa shape index (κ1) is 18.7. The van der Waals surface area contributed by atoms with Crippen LogP contribution in [0.1, 0.15) is 19.8 Å². The number of carbonyl (C=O) groups excluding carboxylic acids is 2. The maximum Gasteiger partial charge on any atom is 0.237 e. The van der Waals surface area contributed by atoms with E-state index in [1.165, 1.54) is 30.0 Å². The molecule has 7 heteroatoms. The van der Waals surface area contributed by atoms with Gasteiger partial charge in [0.1, 0.15) is 5.82 Å². The first-order valence-corrected chi connectivity index (χ1v) is 9.51. The zero-order chi connectivity index (χ0) is 18.7. The number of thioether (sulfide) groups is 1. The van der Waals surface area contributed by atoms with Gasteiger partial charge in [-0.1, -0.05) is 11.6 Å². The predicted octanol–water partition coefficient (Wildman–Crippen LogP) is 4.95. The number of hydrogen-bond donors (Lipinski definition) is 2. The fraction of sp³-hybridized carbons (Fsp3) is 0.263. The first-order chi connectivity index (χ1) is 12.4. The molecule has 136 valence electrons. The van der Waals surface area contributed by atoms with Gasteiger partial charge in [-0.3, -0.25) is 9.59 Å². The minimum absolute atomic E-state index is 0.0352. The Hall–Kier alpha value is -2.05. The second-order valence-electron chi connectivity index (χ2n) is 6.17. The molecule has 26 heavy (non-hydrogen) atoms. The molecule has 0 saturated heterocycles. The van der Waals surface area contributed by atoms with Crippen molar-refractivity contribution in [2.75, 3.05) is 10.6 Å². The Labute approximate surface area is 160 Å². The third-order valence-electron chi connectivity index (χ3n) is 3.94. The highest BCUT2D eigenvalue weighted by atomic mass is 35.5. The van der Waals surface area contributed by atoms with E-state index in [9.17, 15) is 14.0 Å². The van der Waals surface area contributed by atoms with Gasteiger partial charge >= 0.3 is 0 Å². The number of anilines is 2. The Bertz CT molecular complexity index is 825. The topological polar surface area (TPSA) is 58.2 Å². The summed E-state index contributed by atoms with van der Waals surface area (Å²) in [6.45, 7) is 1.79. The van der Waals surface area contributed by atoms with Crippen molar-refractivity contribution in [3.8, 4) is 0 Å². The van der Waals surface area contributed by atoms with Gasteiger partial charge in [-0.15, -0.1) is 11.8 Å². The second-order valence-corrected chi connectivity index (χ2v) is 7.99. The molecule has 2 aromatic carbocycles. The van der Waals surface area contributed by atoms with E-state index in [0.29, 0.717) is 5.69 Å². The van der Waals surface area contributed by atoms with Crippen molar-refractivity contribution in [3.05, 3.63) is 53.3 Å². The summed E-state index contributed by atoms with van der Waals surface area (Å²) in [4.78, 5) is 24.9. The number of rotatable bonds is 6. The van der Waals surface area contributed by atoms with Gasteiger partial charge in [0, 0.05) is 22.2 Å². The normalized spacial score (nSPS) is 14.6. The number of halogens is 2. The monoisotopic (exact) mass is 392 g/mol. The smallest absolute Gasteiger partial charge is 0.237 e. The Morgan fingerprint density at radius 1 is 1.12 bits per heavy atom. The van der Waals surface area contributed by atoms with Crippen LogP contribution >= 0.6 is 23.4 Å². The molecule has 0 spiro atoms. The molecule has 1 aliphatic carbocycles. The SMILES string of the molecule is CC(Sc1ccc(NC(=O)C2CC2)cc1)C(=O)Nc1ccc(F)c(Cl)c1. The molecule has 2 aromatic rings. The van der Waals surface area contributed by atoms with Crippen molar-refractivity contribution in [1.29, 1.82) is 0 Å². The number of hydrogen-bond acceptors (Lipinski definition) is 3. The van der Waals surface area contributed by atoms with Gasteiger partial charge in [-0.05, 0) is 62.2 Å². The summed E-state index contributed by atoms with van der Waals surface area (Å²) in [5.41, 5.74) is 1.20. The van der Waals surface area contributed by atoms with Gasteiger partial charge in [0.25, 0.3) is 0 Å². The molecule has 4 nitrogen and oxygen atoms in total. The summed E-state index contributed by atoms with van der Waals surface area (Å²) >= 11 is 7.11. The third-order valence-corrected chi connectivity index (χ3v) is 5.34. The van der Waals surface area contributed by atoms with Crippen LogP contribution in [0.5, 0.6) is 0 Å². The molecule has 1 atom stereocenters.